The van der Waals surface area contributed by atoms with E-state index in [4.69, 9.17) is 23.2 Å². The van der Waals surface area contributed by atoms with Crippen LogP contribution in [0.4, 0.5) is 0 Å². The highest BCUT2D eigenvalue weighted by Gasteiger charge is 2.25. The molecule has 1 nitrogen and oxygen atoms in total. The van der Waals surface area contributed by atoms with E-state index in [1.807, 2.05) is 12.1 Å². The quantitative estimate of drug-likeness (QED) is 0.780. The van der Waals surface area contributed by atoms with Crippen molar-refractivity contribution in [3.63, 3.8) is 0 Å². The Labute approximate surface area is 126 Å². The van der Waals surface area contributed by atoms with Crippen LogP contribution >= 0.6 is 23.2 Å². The smallest absolute Gasteiger partial charge is 0.0595 e. The molecule has 0 saturated heterocycles. The fraction of sp³-hybridized carbons (Fsp3) is 0.625. The SMILES string of the molecule is CC1CC(C)CC(NC(C)c2ccc(Cl)c(Cl)c2)C1. The Morgan fingerprint density at radius 2 is 1.68 bits per heavy atom. The first kappa shape index (κ1) is 15.2. The van der Waals surface area contributed by atoms with Gasteiger partial charge in [-0.25, -0.2) is 0 Å². The molecular weight excluding hydrogens is 277 g/mol. The molecule has 106 valence electrons. The summed E-state index contributed by atoms with van der Waals surface area (Å²) in [6, 6.07) is 6.84. The Bertz CT molecular complexity index is 423. The molecule has 0 heterocycles. The van der Waals surface area contributed by atoms with E-state index in [0.717, 1.165) is 11.8 Å². The van der Waals surface area contributed by atoms with Crippen molar-refractivity contribution < 1.29 is 0 Å². The highest BCUT2D eigenvalue weighted by molar-refractivity contribution is 6.42. The van der Waals surface area contributed by atoms with Gasteiger partial charge in [0.05, 0.1) is 10.0 Å². The van der Waals surface area contributed by atoms with E-state index >= 15 is 0 Å². The van der Waals surface area contributed by atoms with E-state index in [2.05, 4.69) is 32.2 Å². The van der Waals surface area contributed by atoms with Crippen LogP contribution < -0.4 is 5.32 Å². The third-order valence-electron chi connectivity index (χ3n) is 4.11. The van der Waals surface area contributed by atoms with Gasteiger partial charge in [-0.1, -0.05) is 43.1 Å². The molecule has 0 amide bonds. The van der Waals surface area contributed by atoms with Crippen LogP contribution in [-0.4, -0.2) is 6.04 Å². The summed E-state index contributed by atoms with van der Waals surface area (Å²) in [7, 11) is 0. The molecule has 19 heavy (non-hydrogen) atoms. The van der Waals surface area contributed by atoms with Gasteiger partial charge in [0.2, 0.25) is 0 Å². The first-order chi connectivity index (χ1) is 8.95. The van der Waals surface area contributed by atoms with Crippen LogP contribution in [0.5, 0.6) is 0 Å². The third kappa shape index (κ3) is 4.11. The lowest BCUT2D eigenvalue weighted by atomic mass is 9.80. The maximum atomic E-state index is 6.09. The molecule has 0 aliphatic heterocycles. The number of rotatable bonds is 3. The Morgan fingerprint density at radius 3 is 2.26 bits per heavy atom. The van der Waals surface area contributed by atoms with Crippen LogP contribution in [0.25, 0.3) is 0 Å². The van der Waals surface area contributed by atoms with E-state index in [-0.39, 0.29) is 0 Å². The van der Waals surface area contributed by atoms with Crippen molar-refractivity contribution in [1.29, 1.82) is 0 Å². The van der Waals surface area contributed by atoms with Crippen molar-refractivity contribution in [1.82, 2.24) is 5.32 Å². The minimum Gasteiger partial charge on any atom is -0.307 e. The molecule has 0 radical (unpaired) electrons. The van der Waals surface area contributed by atoms with Crippen LogP contribution in [0.2, 0.25) is 10.0 Å². The van der Waals surface area contributed by atoms with Gasteiger partial charge >= 0.3 is 0 Å². The van der Waals surface area contributed by atoms with E-state index < -0.39 is 0 Å². The molecule has 3 unspecified atom stereocenters. The van der Waals surface area contributed by atoms with E-state index in [1.165, 1.54) is 24.8 Å². The number of benzene rings is 1. The van der Waals surface area contributed by atoms with Gasteiger partial charge < -0.3 is 5.32 Å². The van der Waals surface area contributed by atoms with Gasteiger partial charge in [0.25, 0.3) is 0 Å². The van der Waals surface area contributed by atoms with Gasteiger partial charge in [-0.2, -0.15) is 0 Å². The van der Waals surface area contributed by atoms with Crippen LogP contribution in [0.3, 0.4) is 0 Å². The first-order valence-corrected chi connectivity index (χ1v) is 7.92. The Hall–Kier alpha value is -0.240. The topological polar surface area (TPSA) is 12.0 Å². The standard InChI is InChI=1S/C16H23Cl2N/c1-10-6-11(2)8-14(7-10)19-12(3)13-4-5-15(17)16(18)9-13/h4-5,9-12,14,19H,6-8H2,1-3H3. The summed E-state index contributed by atoms with van der Waals surface area (Å²) in [5.41, 5.74) is 1.21. The monoisotopic (exact) mass is 299 g/mol. The predicted molar refractivity (Wildman–Crippen MR) is 84.0 cm³/mol. The lowest BCUT2D eigenvalue weighted by Crippen LogP contribution is -2.37. The highest BCUT2D eigenvalue weighted by Crippen LogP contribution is 2.31. The van der Waals surface area contributed by atoms with E-state index in [9.17, 15) is 0 Å². The summed E-state index contributed by atoms with van der Waals surface area (Å²) >= 11 is 12.1. The summed E-state index contributed by atoms with van der Waals surface area (Å²) in [5, 5.41) is 5.00. The third-order valence-corrected chi connectivity index (χ3v) is 4.85. The summed E-state index contributed by atoms with van der Waals surface area (Å²) in [5.74, 6) is 1.64. The summed E-state index contributed by atoms with van der Waals surface area (Å²) in [6.45, 7) is 6.91. The Kier molecular flexibility index (Phi) is 5.16. The highest BCUT2D eigenvalue weighted by atomic mass is 35.5. The van der Waals surface area contributed by atoms with Crippen LogP contribution in [0.1, 0.15) is 51.6 Å². The lowest BCUT2D eigenvalue weighted by molar-refractivity contribution is 0.228. The van der Waals surface area contributed by atoms with Crippen molar-refractivity contribution in [2.75, 3.05) is 0 Å². The molecule has 1 aromatic rings. The van der Waals surface area contributed by atoms with E-state index in [1.54, 1.807) is 0 Å². The second-order valence-electron chi connectivity index (χ2n) is 6.18. The van der Waals surface area contributed by atoms with Gasteiger partial charge in [-0.05, 0) is 55.7 Å². The molecule has 2 rings (SSSR count). The number of hydrogen-bond acceptors (Lipinski definition) is 1. The van der Waals surface area contributed by atoms with Gasteiger partial charge in [0, 0.05) is 12.1 Å². The summed E-state index contributed by atoms with van der Waals surface area (Å²) in [4.78, 5) is 0. The molecule has 1 saturated carbocycles. The molecule has 0 spiro atoms. The second-order valence-corrected chi connectivity index (χ2v) is 6.99. The molecule has 1 fully saturated rings. The minimum atomic E-state index is 0.317. The van der Waals surface area contributed by atoms with Gasteiger partial charge in [0.15, 0.2) is 0 Å². The lowest BCUT2D eigenvalue weighted by Gasteiger charge is -2.34. The molecule has 3 atom stereocenters. The van der Waals surface area contributed by atoms with Crippen LogP contribution in [0.15, 0.2) is 18.2 Å². The zero-order valence-corrected chi connectivity index (χ0v) is 13.4. The van der Waals surface area contributed by atoms with Crippen molar-refractivity contribution in [3.8, 4) is 0 Å². The van der Waals surface area contributed by atoms with Crippen molar-refractivity contribution in [2.45, 2.75) is 52.1 Å². The van der Waals surface area contributed by atoms with Gasteiger partial charge in [-0.15, -0.1) is 0 Å². The molecule has 1 aliphatic carbocycles. The predicted octanol–water partition coefficient (Wildman–Crippen LogP) is 5.47. The van der Waals surface area contributed by atoms with Crippen LogP contribution in [0, 0.1) is 11.8 Å². The fourth-order valence-electron chi connectivity index (χ4n) is 3.31. The normalized spacial score (nSPS) is 29.2. The molecule has 0 aromatic heterocycles. The Balaban J connectivity index is 2.00. The fourth-order valence-corrected chi connectivity index (χ4v) is 3.62. The first-order valence-electron chi connectivity index (χ1n) is 7.16. The molecule has 1 aliphatic rings. The second kappa shape index (κ2) is 6.47. The number of nitrogens with one attached hydrogen (secondary N) is 1. The molecular formula is C16H23Cl2N. The maximum absolute atomic E-state index is 6.09. The largest absolute Gasteiger partial charge is 0.307 e. The molecule has 1 aromatic carbocycles. The zero-order chi connectivity index (χ0) is 14.0. The molecule has 0 bridgehead atoms. The number of halogens is 2. The molecule has 3 heteroatoms. The van der Waals surface area contributed by atoms with Gasteiger partial charge in [0.1, 0.15) is 0 Å². The Morgan fingerprint density at radius 1 is 1.05 bits per heavy atom. The summed E-state index contributed by atoms with van der Waals surface area (Å²) in [6.07, 6.45) is 3.91. The average molecular weight is 300 g/mol. The zero-order valence-electron chi connectivity index (χ0n) is 11.9. The van der Waals surface area contributed by atoms with Crippen molar-refractivity contribution in [3.05, 3.63) is 33.8 Å². The van der Waals surface area contributed by atoms with Crippen molar-refractivity contribution in [2.24, 2.45) is 11.8 Å². The number of hydrogen-bond donors (Lipinski definition) is 1. The maximum Gasteiger partial charge on any atom is 0.0595 e. The molecule has 1 N–H and O–H groups in total. The van der Waals surface area contributed by atoms with Gasteiger partial charge in [-0.3, -0.25) is 0 Å². The van der Waals surface area contributed by atoms with E-state index in [0.29, 0.717) is 22.1 Å². The van der Waals surface area contributed by atoms with Crippen LogP contribution in [-0.2, 0) is 0 Å². The summed E-state index contributed by atoms with van der Waals surface area (Å²) < 4.78 is 0. The minimum absolute atomic E-state index is 0.317. The van der Waals surface area contributed by atoms with Crippen molar-refractivity contribution >= 4 is 23.2 Å². The average Bonchev–Trinajstić information content (AvgIpc) is 2.31.